The van der Waals surface area contributed by atoms with E-state index in [-0.39, 0.29) is 55.8 Å². The first-order valence-electron chi connectivity index (χ1n) is 15.7. The van der Waals surface area contributed by atoms with Crippen molar-refractivity contribution in [3.05, 3.63) is 101 Å². The summed E-state index contributed by atoms with van der Waals surface area (Å²) in [7, 11) is 0. The van der Waals surface area contributed by atoms with Crippen molar-refractivity contribution in [2.24, 2.45) is 0 Å². The van der Waals surface area contributed by atoms with Gasteiger partial charge in [-0.3, -0.25) is 19.4 Å². The Labute approximate surface area is 270 Å². The van der Waals surface area contributed by atoms with Crippen LogP contribution in [0.4, 0.5) is 4.79 Å². The zero-order valence-corrected chi connectivity index (χ0v) is 26.1. The number of carbonyl (C=O) groups excluding carboxylic acids is 4. The number of nitrogens with zero attached hydrogens (tertiary/aromatic N) is 4. The highest BCUT2D eigenvalue weighted by Crippen LogP contribution is 2.34. The van der Waals surface area contributed by atoms with E-state index in [1.807, 2.05) is 79.0 Å². The van der Waals surface area contributed by atoms with E-state index in [4.69, 9.17) is 4.74 Å². The number of pyridine rings is 1. The van der Waals surface area contributed by atoms with Gasteiger partial charge < -0.3 is 24.8 Å². The van der Waals surface area contributed by atoms with E-state index in [1.54, 1.807) is 20.9 Å². The first-order chi connectivity index (χ1) is 22.4. The molecule has 0 radical (unpaired) electrons. The number of ether oxygens (including phenoxy) is 1. The lowest BCUT2D eigenvalue weighted by atomic mass is 9.92. The minimum atomic E-state index is -0.905. The molecule has 3 saturated heterocycles. The van der Waals surface area contributed by atoms with Gasteiger partial charge in [0.05, 0.1) is 10.9 Å². The molecule has 10 nitrogen and oxygen atoms in total. The average molecular weight is 638 g/mol. The van der Waals surface area contributed by atoms with Crippen LogP contribution in [0.3, 0.4) is 0 Å². The summed E-state index contributed by atoms with van der Waals surface area (Å²) in [5.41, 5.74) is 1.96. The molecule has 0 unspecified atom stereocenters. The molecule has 3 atom stereocenters. The lowest BCUT2D eigenvalue weighted by Crippen LogP contribution is -2.62. The second-order valence-corrected chi connectivity index (χ2v) is 13.3. The van der Waals surface area contributed by atoms with Gasteiger partial charge in [0.25, 0.3) is 5.91 Å². The molecular formula is C35H35N5O5S. The number of nitrogens with one attached hydrogen (secondary N) is 1. The number of likely N-dealkylation sites (tertiary alicyclic amines) is 1. The van der Waals surface area contributed by atoms with Crippen molar-refractivity contribution in [2.75, 3.05) is 26.2 Å². The monoisotopic (exact) mass is 637 g/mol. The van der Waals surface area contributed by atoms with E-state index in [0.29, 0.717) is 30.8 Å². The van der Waals surface area contributed by atoms with Crippen molar-refractivity contribution in [2.45, 2.75) is 49.9 Å². The zero-order chi connectivity index (χ0) is 31.6. The maximum absolute atomic E-state index is 14.2. The first kappa shape index (κ1) is 29.9. The highest BCUT2D eigenvalue weighted by molar-refractivity contribution is 7.20. The molecule has 1 N–H and O–H groups in total. The summed E-state index contributed by atoms with van der Waals surface area (Å²) in [6.45, 7) is 1.76. The molecule has 3 aliphatic heterocycles. The van der Waals surface area contributed by atoms with Crippen LogP contribution in [-0.4, -0.2) is 87.8 Å². The highest BCUT2D eigenvalue weighted by atomic mass is 32.1. The quantitative estimate of drug-likeness (QED) is 0.335. The van der Waals surface area contributed by atoms with Gasteiger partial charge in [0, 0.05) is 49.2 Å². The van der Waals surface area contributed by atoms with E-state index in [9.17, 15) is 19.2 Å². The van der Waals surface area contributed by atoms with Gasteiger partial charge >= 0.3 is 6.09 Å². The number of hydrogen-bond acceptors (Lipinski definition) is 7. The fourth-order valence-corrected chi connectivity index (χ4v) is 7.67. The molecule has 46 heavy (non-hydrogen) atoms. The van der Waals surface area contributed by atoms with E-state index in [2.05, 4.69) is 10.3 Å². The number of hydrogen-bond donors (Lipinski definition) is 1. The minimum Gasteiger partial charge on any atom is -0.445 e. The van der Waals surface area contributed by atoms with Crippen molar-refractivity contribution >= 4 is 45.2 Å². The third-order valence-corrected chi connectivity index (χ3v) is 10.3. The summed E-state index contributed by atoms with van der Waals surface area (Å²) < 4.78 is 6.65. The Morgan fingerprint density at radius 1 is 0.913 bits per heavy atom. The lowest BCUT2D eigenvalue weighted by Gasteiger charge is -2.43. The lowest BCUT2D eigenvalue weighted by molar-refractivity contribution is -0.150. The van der Waals surface area contributed by atoms with Crippen LogP contribution in [0.2, 0.25) is 0 Å². The Kier molecular flexibility index (Phi) is 8.40. The summed E-state index contributed by atoms with van der Waals surface area (Å²) in [5, 5.41) is 3.92. The van der Waals surface area contributed by atoms with E-state index in [1.165, 1.54) is 11.3 Å². The molecular weight excluding hydrogens is 602 g/mol. The maximum atomic E-state index is 14.2. The number of carbonyl (C=O) groups is 4. The summed E-state index contributed by atoms with van der Waals surface area (Å²) in [5.74, 6) is -0.513. The molecule has 4 amide bonds. The molecule has 236 valence electrons. The van der Waals surface area contributed by atoms with Crippen LogP contribution in [0.5, 0.6) is 0 Å². The van der Waals surface area contributed by atoms with Gasteiger partial charge in [-0.05, 0) is 54.0 Å². The van der Waals surface area contributed by atoms with Gasteiger partial charge in [-0.2, -0.15) is 0 Å². The Morgan fingerprint density at radius 3 is 2.50 bits per heavy atom. The summed E-state index contributed by atoms with van der Waals surface area (Å²) in [6.07, 6.45) is 4.34. The van der Waals surface area contributed by atoms with Crippen LogP contribution in [-0.2, 0) is 20.9 Å². The van der Waals surface area contributed by atoms with Crippen LogP contribution < -0.4 is 5.32 Å². The number of rotatable bonds is 6. The van der Waals surface area contributed by atoms with Gasteiger partial charge in [-0.1, -0.05) is 54.6 Å². The third-order valence-electron chi connectivity index (χ3n) is 9.23. The van der Waals surface area contributed by atoms with Gasteiger partial charge in [0.2, 0.25) is 11.8 Å². The largest absolute Gasteiger partial charge is 0.445 e. The summed E-state index contributed by atoms with van der Waals surface area (Å²) in [6, 6.07) is 21.0. The summed E-state index contributed by atoms with van der Waals surface area (Å²) >= 11 is 1.37. The molecule has 7 rings (SSSR count). The first-order valence-corrected chi connectivity index (χ1v) is 16.5. The van der Waals surface area contributed by atoms with Gasteiger partial charge in [-0.25, -0.2) is 4.79 Å². The number of benzene rings is 2. The van der Waals surface area contributed by atoms with Crippen LogP contribution in [0.1, 0.15) is 46.0 Å². The highest BCUT2D eigenvalue weighted by Gasteiger charge is 2.48. The molecule has 11 heteroatoms. The van der Waals surface area contributed by atoms with Crippen LogP contribution >= 0.6 is 11.3 Å². The van der Waals surface area contributed by atoms with Crippen LogP contribution in [0.25, 0.3) is 10.1 Å². The zero-order valence-electron chi connectivity index (χ0n) is 25.3. The van der Waals surface area contributed by atoms with Crippen LogP contribution in [0.15, 0.2) is 85.2 Å². The molecule has 0 aliphatic carbocycles. The Bertz CT molecular complexity index is 1710. The Hall–Kier alpha value is -4.77. The van der Waals surface area contributed by atoms with E-state index >= 15 is 0 Å². The van der Waals surface area contributed by atoms with Crippen molar-refractivity contribution in [1.29, 1.82) is 0 Å². The van der Waals surface area contributed by atoms with Gasteiger partial charge in [-0.15, -0.1) is 11.3 Å². The van der Waals surface area contributed by atoms with Crippen molar-refractivity contribution in [3.8, 4) is 0 Å². The molecule has 2 aromatic carbocycles. The summed E-state index contributed by atoms with van der Waals surface area (Å²) in [4.78, 5) is 64.7. The second-order valence-electron chi connectivity index (χ2n) is 12.2. The van der Waals surface area contributed by atoms with Crippen molar-refractivity contribution in [3.63, 3.8) is 0 Å². The van der Waals surface area contributed by atoms with E-state index in [0.717, 1.165) is 21.2 Å². The molecule has 0 saturated carbocycles. The second kappa shape index (κ2) is 12.9. The fraction of sp³-hybridized carbons (Fsp3) is 0.343. The molecule has 0 bridgehead atoms. The molecule has 2 aromatic heterocycles. The number of amides is 4. The number of aromatic nitrogens is 1. The topological polar surface area (TPSA) is 112 Å². The van der Waals surface area contributed by atoms with Gasteiger partial charge in [0.1, 0.15) is 18.7 Å². The Balaban J connectivity index is 1.10. The van der Waals surface area contributed by atoms with Crippen LogP contribution in [0, 0.1) is 0 Å². The standard InChI is InChI=1S/C35H35N5O5S/c41-32(31-17-24-9-4-5-11-30(24)46-31)37-28-14-16-38(35(44)45-22-23-7-2-1-3-8-23)21-27-12-13-29(40(27)33(28)42)34(43)39-19-26(20-39)25-10-6-15-36-18-25/h1-11,15,17-18,26-29H,12-14,16,19-22H2,(H,37,41)/t27-,28+,29+/m1/s1. The molecule has 0 spiro atoms. The Morgan fingerprint density at radius 2 is 1.72 bits per heavy atom. The normalized spacial score (nSPS) is 21.7. The maximum Gasteiger partial charge on any atom is 0.410 e. The predicted octanol–water partition coefficient (Wildman–Crippen LogP) is 4.42. The minimum absolute atomic E-state index is 0.0932. The van der Waals surface area contributed by atoms with Gasteiger partial charge in [0.15, 0.2) is 0 Å². The molecule has 4 aromatic rings. The van der Waals surface area contributed by atoms with E-state index < -0.39 is 18.2 Å². The fourth-order valence-electron chi connectivity index (χ4n) is 6.70. The van der Waals surface area contributed by atoms with Crippen molar-refractivity contribution < 1.29 is 23.9 Å². The molecule has 3 fully saturated rings. The predicted molar refractivity (Wildman–Crippen MR) is 173 cm³/mol. The third kappa shape index (κ3) is 6.06. The smallest absolute Gasteiger partial charge is 0.410 e. The SMILES string of the molecule is O=C(N[C@H]1CCN(C(=O)OCc2ccccc2)C[C@H]2CC[C@@H](C(=O)N3CC(c4cccnc4)C3)N2C1=O)c1cc2ccccc2s1. The molecule has 3 aliphatic rings. The average Bonchev–Trinajstić information content (AvgIpc) is 3.68. The molecule has 5 heterocycles. The number of thiophene rings is 1. The van der Waals surface area contributed by atoms with Crippen molar-refractivity contribution in [1.82, 2.24) is 25.0 Å². The number of fused-ring (bicyclic) bond motifs is 2.